The largest absolute Gasteiger partial charge is 0.559 e. The van der Waals surface area contributed by atoms with Gasteiger partial charge in [-0.15, -0.1) is 18.1 Å². The maximum atomic E-state index is 13.8. The maximum Gasteiger partial charge on any atom is 0.416 e. The molecule has 0 bridgehead atoms. The Balaban J connectivity index is 1.78. The van der Waals surface area contributed by atoms with Crippen molar-refractivity contribution in [1.29, 1.82) is 0 Å². The van der Waals surface area contributed by atoms with Crippen LogP contribution in [0.4, 0.5) is 13.2 Å². The van der Waals surface area contributed by atoms with E-state index in [1.165, 1.54) is 17.7 Å². The number of aliphatic hydroxyl groups excluding tert-OH is 1. The molecule has 0 spiro atoms. The van der Waals surface area contributed by atoms with Gasteiger partial charge in [0, 0.05) is 34.3 Å². The molecule has 0 aromatic carbocycles. The second kappa shape index (κ2) is 9.92. The van der Waals surface area contributed by atoms with E-state index in [0.717, 1.165) is 66.6 Å². The number of aromatic nitrogens is 1. The summed E-state index contributed by atoms with van der Waals surface area (Å²) in [6.07, 6.45) is 5.32. The van der Waals surface area contributed by atoms with Crippen LogP contribution in [0.3, 0.4) is 0 Å². The van der Waals surface area contributed by atoms with Crippen molar-refractivity contribution in [3.05, 3.63) is 57.5 Å². The molecule has 4 atom stereocenters. The summed E-state index contributed by atoms with van der Waals surface area (Å²) in [5, 5.41) is 12.3. The van der Waals surface area contributed by atoms with Crippen molar-refractivity contribution < 1.29 is 22.7 Å². The minimum absolute atomic E-state index is 0.0342. The summed E-state index contributed by atoms with van der Waals surface area (Å²) in [4.78, 5) is 5.29. The Morgan fingerprint density at radius 2 is 1.73 bits per heavy atom. The van der Waals surface area contributed by atoms with E-state index in [9.17, 15) is 18.3 Å². The number of halogens is 3. The molecular weight excluding hydrogens is 539 g/mol. The molecule has 0 saturated carbocycles. The van der Waals surface area contributed by atoms with Crippen molar-refractivity contribution in [2.45, 2.75) is 136 Å². The lowest BCUT2D eigenvalue weighted by Crippen LogP contribution is -2.44. The Hall–Kier alpha value is -1.70. The van der Waals surface area contributed by atoms with E-state index in [2.05, 4.69) is 53.8 Å². The standard InChI is InChI=1S/C34H48F3NO2Si/c1-20-23-17-22(34(35,36)37)15-16-33(23,7)30(39)28-26(21-13-11-10-12-14-21)27-24(38-29(20)28)18-32(5,6)19-25(27)40-41(8,9)31(2,3)4/h13,15,17,20,25,30,39H,10-12,14,16,18-19H2,1-9H3/q-1/t20?,25-,30-,33?/m0/s1. The molecule has 5 rings (SSSR count). The van der Waals surface area contributed by atoms with E-state index in [1.807, 2.05) is 13.8 Å². The Morgan fingerprint density at radius 1 is 1.05 bits per heavy atom. The zero-order valence-electron chi connectivity index (χ0n) is 26.4. The third kappa shape index (κ3) is 5.22. The van der Waals surface area contributed by atoms with Crippen LogP contribution < -0.4 is 0 Å². The van der Waals surface area contributed by atoms with Crippen LogP contribution in [-0.4, -0.2) is 24.6 Å². The molecule has 227 valence electrons. The van der Waals surface area contributed by atoms with Gasteiger partial charge in [-0.1, -0.05) is 66.2 Å². The van der Waals surface area contributed by atoms with Gasteiger partial charge in [0.1, 0.15) is 0 Å². The monoisotopic (exact) mass is 587 g/mol. The van der Waals surface area contributed by atoms with Crippen molar-refractivity contribution >= 4 is 13.9 Å². The lowest BCUT2D eigenvalue weighted by atomic mass is 9.59. The van der Waals surface area contributed by atoms with Crippen LogP contribution in [0.2, 0.25) is 18.1 Å². The van der Waals surface area contributed by atoms with E-state index in [0.29, 0.717) is 5.57 Å². The van der Waals surface area contributed by atoms with Crippen LogP contribution in [0, 0.1) is 10.8 Å². The number of pyridine rings is 1. The van der Waals surface area contributed by atoms with Crippen molar-refractivity contribution in [1.82, 2.24) is 4.98 Å². The predicted molar refractivity (Wildman–Crippen MR) is 162 cm³/mol. The van der Waals surface area contributed by atoms with E-state index in [-0.39, 0.29) is 28.9 Å². The van der Waals surface area contributed by atoms with E-state index >= 15 is 0 Å². The van der Waals surface area contributed by atoms with Crippen molar-refractivity contribution in [3.8, 4) is 0 Å². The molecule has 41 heavy (non-hydrogen) atoms. The van der Waals surface area contributed by atoms with Gasteiger partial charge in [0.2, 0.25) is 0 Å². The normalized spacial score (nSPS) is 30.0. The second-order valence-electron chi connectivity index (χ2n) is 15.5. The van der Waals surface area contributed by atoms with Crippen LogP contribution in [0.1, 0.15) is 133 Å². The van der Waals surface area contributed by atoms with Crippen LogP contribution in [0.25, 0.3) is 5.57 Å². The van der Waals surface area contributed by atoms with Gasteiger partial charge in [0.05, 0.1) is 17.4 Å². The van der Waals surface area contributed by atoms with E-state index in [4.69, 9.17) is 9.41 Å². The first-order valence-electron chi connectivity index (χ1n) is 15.4. The first-order chi connectivity index (χ1) is 18.8. The number of hydrogen-bond acceptors (Lipinski definition) is 3. The highest BCUT2D eigenvalue weighted by Gasteiger charge is 2.51. The fourth-order valence-electron chi connectivity index (χ4n) is 7.33. The zero-order chi connectivity index (χ0) is 30.3. The molecule has 1 aromatic rings. The number of fused-ring (bicyclic) bond motifs is 3. The summed E-state index contributed by atoms with van der Waals surface area (Å²) in [7, 11) is -2.16. The van der Waals surface area contributed by atoms with E-state index in [1.54, 1.807) is 0 Å². The lowest BCUT2D eigenvalue weighted by molar-refractivity contribution is -0.0897. The highest BCUT2D eigenvalue weighted by atomic mass is 28.4. The molecule has 0 radical (unpaired) electrons. The Morgan fingerprint density at radius 3 is 2.32 bits per heavy atom. The summed E-state index contributed by atoms with van der Waals surface area (Å²) < 4.78 is 48.7. The third-order valence-electron chi connectivity index (χ3n) is 10.7. The minimum Gasteiger partial charge on any atom is -0.559 e. The topological polar surface area (TPSA) is 42.4 Å². The molecular formula is C34H48F3NO2Si-. The molecule has 4 aliphatic carbocycles. The van der Waals surface area contributed by atoms with Crippen LogP contribution >= 0.6 is 0 Å². The predicted octanol–water partition coefficient (Wildman–Crippen LogP) is 10.0. The SMILES string of the molecule is CC1C2=CC(C(F)(F)F)=CCC2(C)[C@@H](O)c2c1nc1c(c2C2=CCCCC2)[C@@H](O[Si-](C)(C)C(C)(C)C)CC(C)(C)C1. The second-order valence-corrected chi connectivity index (χ2v) is 20.3. The number of aliphatic hydroxyl groups is 1. The highest BCUT2D eigenvalue weighted by Crippen LogP contribution is 2.60. The molecule has 0 saturated heterocycles. The molecule has 0 amide bonds. The van der Waals surface area contributed by atoms with Gasteiger partial charge in [0.25, 0.3) is 0 Å². The first-order valence-corrected chi connectivity index (χ1v) is 18.3. The Bertz CT molecular complexity index is 1330. The van der Waals surface area contributed by atoms with Crippen molar-refractivity contribution in [3.63, 3.8) is 0 Å². The highest BCUT2D eigenvalue weighted by molar-refractivity contribution is 6.74. The summed E-state index contributed by atoms with van der Waals surface area (Å²) >= 11 is 0. The number of hydrogen-bond donors (Lipinski definition) is 1. The number of alkyl halides is 3. The maximum absolute atomic E-state index is 13.8. The number of rotatable bonds is 3. The lowest BCUT2D eigenvalue weighted by Gasteiger charge is -2.54. The number of nitrogens with zero attached hydrogens (tertiary/aromatic N) is 1. The third-order valence-corrected chi connectivity index (χ3v) is 15.2. The molecule has 1 aromatic heterocycles. The fraction of sp³-hybridized carbons (Fsp3) is 0.676. The van der Waals surface area contributed by atoms with Gasteiger partial charge >= 0.3 is 6.18 Å². The molecule has 4 aliphatic rings. The summed E-state index contributed by atoms with van der Waals surface area (Å²) in [6, 6.07) is 0. The minimum atomic E-state index is -4.42. The van der Waals surface area contributed by atoms with Crippen LogP contribution in [0.15, 0.2) is 29.4 Å². The molecule has 2 unspecified atom stereocenters. The van der Waals surface area contributed by atoms with E-state index < -0.39 is 31.6 Å². The Labute approximate surface area is 245 Å². The summed E-state index contributed by atoms with van der Waals surface area (Å²) in [5.74, 6) is -0.331. The molecule has 0 fully saturated rings. The molecule has 7 heteroatoms. The van der Waals surface area contributed by atoms with Crippen LogP contribution in [0.5, 0.6) is 0 Å². The van der Waals surface area contributed by atoms with Crippen LogP contribution in [-0.2, 0) is 10.8 Å². The molecule has 1 heterocycles. The van der Waals surface area contributed by atoms with Crippen molar-refractivity contribution in [2.75, 3.05) is 0 Å². The van der Waals surface area contributed by atoms with Gasteiger partial charge in [-0.3, -0.25) is 4.98 Å². The van der Waals surface area contributed by atoms with Gasteiger partial charge in [0.15, 0.2) is 0 Å². The van der Waals surface area contributed by atoms with Gasteiger partial charge < -0.3 is 9.53 Å². The average molecular weight is 588 g/mol. The fourth-order valence-corrected chi connectivity index (χ4v) is 8.60. The smallest absolute Gasteiger partial charge is 0.416 e. The quantitative estimate of drug-likeness (QED) is 0.358. The van der Waals surface area contributed by atoms with Gasteiger partial charge in [-0.2, -0.15) is 13.2 Å². The average Bonchev–Trinajstić information content (AvgIpc) is 2.84. The Kier molecular flexibility index (Phi) is 7.44. The molecule has 0 aliphatic heterocycles. The van der Waals surface area contributed by atoms with Gasteiger partial charge in [-0.05, 0) is 75.9 Å². The first kappa shape index (κ1) is 30.7. The summed E-state index contributed by atoms with van der Waals surface area (Å²) in [5.41, 5.74) is 5.18. The van der Waals surface area contributed by atoms with Crippen molar-refractivity contribution in [2.24, 2.45) is 10.8 Å². The zero-order valence-corrected chi connectivity index (χ0v) is 27.4. The summed E-state index contributed by atoms with van der Waals surface area (Å²) in [6.45, 7) is 19.8. The molecule has 3 nitrogen and oxygen atoms in total. The molecule has 1 N–H and O–H groups in total. The number of allylic oxidation sites excluding steroid dienone is 5. The van der Waals surface area contributed by atoms with Gasteiger partial charge in [-0.25, -0.2) is 0 Å².